The molecule has 0 unspecified atom stereocenters. The molecule has 1 amide bonds. The first-order chi connectivity index (χ1) is 8.19. The van der Waals surface area contributed by atoms with Crippen molar-refractivity contribution >= 4 is 6.09 Å². The third-order valence-electron chi connectivity index (χ3n) is 3.36. The Bertz CT molecular complexity index is 225. The van der Waals surface area contributed by atoms with Crippen LogP contribution in [-0.4, -0.2) is 55.2 Å². The molecule has 100 valence electrons. The maximum absolute atomic E-state index is 11.7. The van der Waals surface area contributed by atoms with E-state index in [2.05, 4.69) is 11.8 Å². The number of likely N-dealkylation sites (tertiary alicyclic amines) is 1. The van der Waals surface area contributed by atoms with E-state index < -0.39 is 0 Å². The van der Waals surface area contributed by atoms with Crippen molar-refractivity contribution in [3.63, 3.8) is 0 Å². The summed E-state index contributed by atoms with van der Waals surface area (Å²) in [5, 5.41) is 0. The maximum atomic E-state index is 11.7. The number of carbonyl (C=O) groups is 1. The Kier molecular flexibility index (Phi) is 6.34. The lowest BCUT2D eigenvalue weighted by atomic mass is 10.0. The molecule has 17 heavy (non-hydrogen) atoms. The predicted molar refractivity (Wildman–Crippen MR) is 69.2 cm³/mol. The Hall–Kier alpha value is -0.770. The molecule has 0 saturated carbocycles. The lowest BCUT2D eigenvalue weighted by Crippen LogP contribution is -2.45. The Morgan fingerprint density at radius 2 is 1.94 bits per heavy atom. The molecule has 0 aromatic heterocycles. The van der Waals surface area contributed by atoms with Gasteiger partial charge in [-0.1, -0.05) is 13.8 Å². The van der Waals surface area contributed by atoms with Crippen molar-refractivity contribution in [1.82, 2.24) is 9.80 Å². The number of hydrogen-bond donors (Lipinski definition) is 0. The lowest BCUT2D eigenvalue weighted by molar-refractivity contribution is 0.0771. The highest BCUT2D eigenvalue weighted by Gasteiger charge is 2.25. The summed E-state index contributed by atoms with van der Waals surface area (Å²) in [6, 6.07) is 0.354. The zero-order valence-corrected chi connectivity index (χ0v) is 11.4. The predicted octanol–water partition coefficient (Wildman–Crippen LogP) is 2.34. The molecule has 0 aromatic carbocycles. The molecular weight excluding hydrogens is 216 g/mol. The molecular formula is C13H26N2O2. The molecule has 4 nitrogen and oxygen atoms in total. The van der Waals surface area contributed by atoms with E-state index in [9.17, 15) is 4.79 Å². The van der Waals surface area contributed by atoms with E-state index in [0.29, 0.717) is 12.6 Å². The summed E-state index contributed by atoms with van der Waals surface area (Å²) < 4.78 is 5.15. The van der Waals surface area contributed by atoms with Gasteiger partial charge in [-0.3, -0.25) is 0 Å². The Labute approximate surface area is 105 Å². The largest absolute Gasteiger partial charge is 0.449 e. The molecule has 1 aliphatic heterocycles. The zero-order chi connectivity index (χ0) is 12.7. The normalized spacial score (nSPS) is 18.1. The van der Waals surface area contributed by atoms with Crippen molar-refractivity contribution in [3.8, 4) is 0 Å². The van der Waals surface area contributed by atoms with E-state index in [4.69, 9.17) is 4.74 Å². The molecule has 0 bridgehead atoms. The van der Waals surface area contributed by atoms with E-state index in [1.807, 2.05) is 14.0 Å². The molecule has 1 aliphatic rings. The van der Waals surface area contributed by atoms with Gasteiger partial charge in [-0.15, -0.1) is 0 Å². The molecule has 1 rings (SSSR count). The van der Waals surface area contributed by atoms with Crippen LogP contribution in [0.5, 0.6) is 0 Å². The minimum absolute atomic E-state index is 0.166. The fraction of sp³-hybridized carbons (Fsp3) is 0.923. The molecule has 0 spiro atoms. The van der Waals surface area contributed by atoms with Gasteiger partial charge < -0.3 is 14.5 Å². The van der Waals surface area contributed by atoms with Crippen LogP contribution in [0.4, 0.5) is 4.79 Å². The summed E-state index contributed by atoms with van der Waals surface area (Å²) in [5.41, 5.74) is 0. The second-order valence-electron chi connectivity index (χ2n) is 4.80. The van der Waals surface area contributed by atoms with Crippen molar-refractivity contribution in [3.05, 3.63) is 0 Å². The van der Waals surface area contributed by atoms with E-state index in [1.165, 1.54) is 13.0 Å². The molecule has 0 aliphatic carbocycles. The topological polar surface area (TPSA) is 32.8 Å². The van der Waals surface area contributed by atoms with Gasteiger partial charge in [0.1, 0.15) is 0 Å². The molecule has 1 saturated heterocycles. The fourth-order valence-electron chi connectivity index (χ4n) is 2.29. The van der Waals surface area contributed by atoms with Crippen molar-refractivity contribution in [2.45, 2.75) is 45.6 Å². The molecule has 0 atom stereocenters. The van der Waals surface area contributed by atoms with Gasteiger partial charge in [0, 0.05) is 26.2 Å². The van der Waals surface area contributed by atoms with Crippen LogP contribution in [0.15, 0.2) is 0 Å². The quantitative estimate of drug-likeness (QED) is 0.742. The smallest absolute Gasteiger partial charge is 0.409 e. The van der Waals surface area contributed by atoms with Gasteiger partial charge in [-0.25, -0.2) is 4.79 Å². The standard InChI is InChI=1S/C13H26N2O2/c1-4-8-15-9-6-12(7-10-15)14(3)13(16)17-11-5-2/h12H,4-11H2,1-3H3. The molecule has 4 heteroatoms. The zero-order valence-electron chi connectivity index (χ0n) is 11.4. The summed E-state index contributed by atoms with van der Waals surface area (Å²) in [6.45, 7) is 8.12. The minimum atomic E-state index is -0.166. The second kappa shape index (κ2) is 7.54. The Morgan fingerprint density at radius 3 is 2.47 bits per heavy atom. The van der Waals surface area contributed by atoms with E-state index in [-0.39, 0.29) is 6.09 Å². The van der Waals surface area contributed by atoms with Gasteiger partial charge >= 0.3 is 6.09 Å². The van der Waals surface area contributed by atoms with Gasteiger partial charge in [0.25, 0.3) is 0 Å². The van der Waals surface area contributed by atoms with E-state index >= 15 is 0 Å². The summed E-state index contributed by atoms with van der Waals surface area (Å²) in [7, 11) is 1.86. The number of amides is 1. The highest BCUT2D eigenvalue weighted by atomic mass is 16.6. The van der Waals surface area contributed by atoms with Gasteiger partial charge in [0.05, 0.1) is 6.61 Å². The second-order valence-corrected chi connectivity index (χ2v) is 4.80. The van der Waals surface area contributed by atoms with E-state index in [1.54, 1.807) is 4.90 Å². The summed E-state index contributed by atoms with van der Waals surface area (Å²) in [4.78, 5) is 15.9. The maximum Gasteiger partial charge on any atom is 0.409 e. The van der Waals surface area contributed by atoms with Gasteiger partial charge in [0.2, 0.25) is 0 Å². The summed E-state index contributed by atoms with van der Waals surface area (Å²) in [6.07, 6.45) is 4.06. The molecule has 0 radical (unpaired) electrons. The van der Waals surface area contributed by atoms with Crippen molar-refractivity contribution in [1.29, 1.82) is 0 Å². The number of piperidine rings is 1. The van der Waals surface area contributed by atoms with Gasteiger partial charge in [0.15, 0.2) is 0 Å². The highest BCUT2D eigenvalue weighted by Crippen LogP contribution is 2.16. The number of carbonyl (C=O) groups excluding carboxylic acids is 1. The van der Waals surface area contributed by atoms with Crippen LogP contribution in [0.2, 0.25) is 0 Å². The first-order valence-corrected chi connectivity index (χ1v) is 6.81. The summed E-state index contributed by atoms with van der Waals surface area (Å²) >= 11 is 0. The van der Waals surface area contributed by atoms with Crippen LogP contribution < -0.4 is 0 Å². The van der Waals surface area contributed by atoms with Gasteiger partial charge in [-0.05, 0) is 32.2 Å². The number of rotatable bonds is 5. The van der Waals surface area contributed by atoms with Crippen molar-refractivity contribution < 1.29 is 9.53 Å². The third-order valence-corrected chi connectivity index (χ3v) is 3.36. The van der Waals surface area contributed by atoms with Crippen LogP contribution in [0.3, 0.4) is 0 Å². The first kappa shape index (κ1) is 14.3. The highest BCUT2D eigenvalue weighted by molar-refractivity contribution is 5.67. The van der Waals surface area contributed by atoms with E-state index in [0.717, 1.165) is 32.4 Å². The molecule has 0 aromatic rings. The molecule has 1 fully saturated rings. The SMILES string of the molecule is CCCOC(=O)N(C)C1CCN(CCC)CC1. The Morgan fingerprint density at radius 1 is 1.29 bits per heavy atom. The van der Waals surface area contributed by atoms with Crippen molar-refractivity contribution in [2.75, 3.05) is 33.3 Å². The van der Waals surface area contributed by atoms with Gasteiger partial charge in [-0.2, -0.15) is 0 Å². The third kappa shape index (κ3) is 4.54. The van der Waals surface area contributed by atoms with Crippen LogP contribution in [0.25, 0.3) is 0 Å². The van der Waals surface area contributed by atoms with Crippen molar-refractivity contribution in [2.24, 2.45) is 0 Å². The average Bonchev–Trinajstić information content (AvgIpc) is 2.36. The number of hydrogen-bond acceptors (Lipinski definition) is 3. The Balaban J connectivity index is 2.29. The fourth-order valence-corrected chi connectivity index (χ4v) is 2.29. The first-order valence-electron chi connectivity index (χ1n) is 6.81. The molecule has 0 N–H and O–H groups in total. The number of nitrogens with zero attached hydrogens (tertiary/aromatic N) is 2. The monoisotopic (exact) mass is 242 g/mol. The van der Waals surface area contributed by atoms with Crippen LogP contribution >= 0.6 is 0 Å². The minimum Gasteiger partial charge on any atom is -0.449 e. The van der Waals surface area contributed by atoms with Crippen LogP contribution in [-0.2, 0) is 4.74 Å². The lowest BCUT2D eigenvalue weighted by Gasteiger charge is -2.36. The van der Waals surface area contributed by atoms with Crippen LogP contribution in [0.1, 0.15) is 39.5 Å². The van der Waals surface area contributed by atoms with Crippen LogP contribution in [0, 0.1) is 0 Å². The summed E-state index contributed by atoms with van der Waals surface area (Å²) in [5.74, 6) is 0. The molecule has 1 heterocycles. The number of ether oxygens (including phenoxy) is 1. The average molecular weight is 242 g/mol.